The predicted molar refractivity (Wildman–Crippen MR) is 118 cm³/mol. The van der Waals surface area contributed by atoms with Gasteiger partial charge < -0.3 is 10.2 Å². The van der Waals surface area contributed by atoms with Gasteiger partial charge in [0.2, 0.25) is 11.8 Å². The monoisotopic (exact) mass is 420 g/mol. The van der Waals surface area contributed by atoms with E-state index in [1.807, 2.05) is 41.3 Å². The molecule has 1 aliphatic rings. The van der Waals surface area contributed by atoms with E-state index in [1.54, 1.807) is 18.2 Å². The largest absolute Gasteiger partial charge is 0.338 e. The van der Waals surface area contributed by atoms with Gasteiger partial charge in [-0.3, -0.25) is 9.59 Å². The third-order valence-electron chi connectivity index (χ3n) is 4.89. The third-order valence-corrected chi connectivity index (χ3v) is 5.99. The number of likely N-dealkylation sites (tertiary alicyclic amines) is 1. The minimum absolute atomic E-state index is 0.184. The predicted octanol–water partition coefficient (Wildman–Crippen LogP) is 5.33. The summed E-state index contributed by atoms with van der Waals surface area (Å²) in [7, 11) is 0. The maximum Gasteiger partial charge on any atom is 0.248 e. The quantitative estimate of drug-likeness (QED) is 0.548. The van der Waals surface area contributed by atoms with E-state index in [2.05, 4.69) is 5.32 Å². The summed E-state index contributed by atoms with van der Waals surface area (Å²) in [6.07, 6.45) is 4.79. The average Bonchev–Trinajstić information content (AvgIpc) is 3.37. The van der Waals surface area contributed by atoms with Crippen molar-refractivity contribution in [3.8, 4) is 10.4 Å². The van der Waals surface area contributed by atoms with Gasteiger partial charge in [-0.2, -0.15) is 0 Å². The van der Waals surface area contributed by atoms with E-state index < -0.39 is 0 Å². The van der Waals surface area contributed by atoms with Gasteiger partial charge in [-0.25, -0.2) is 4.39 Å². The summed E-state index contributed by atoms with van der Waals surface area (Å²) < 4.78 is 13.1. The van der Waals surface area contributed by atoms with Crippen LogP contribution in [0.15, 0.2) is 66.7 Å². The average molecular weight is 421 g/mol. The summed E-state index contributed by atoms with van der Waals surface area (Å²) in [4.78, 5) is 27.9. The Balaban J connectivity index is 1.36. The van der Waals surface area contributed by atoms with Crippen molar-refractivity contribution in [3.05, 3.63) is 83.0 Å². The molecule has 0 aliphatic carbocycles. The number of nitrogens with zero attached hydrogens (tertiary/aromatic N) is 1. The molecular weight excluding hydrogens is 399 g/mol. The number of hydrogen-bond donors (Lipinski definition) is 1. The summed E-state index contributed by atoms with van der Waals surface area (Å²) in [5.41, 5.74) is 2.64. The third kappa shape index (κ3) is 5.02. The van der Waals surface area contributed by atoms with E-state index in [0.29, 0.717) is 18.7 Å². The number of halogens is 1. The molecule has 1 aliphatic heterocycles. The lowest BCUT2D eigenvalue weighted by molar-refractivity contribution is -0.128. The highest BCUT2D eigenvalue weighted by Crippen LogP contribution is 2.29. The van der Waals surface area contributed by atoms with Crippen molar-refractivity contribution >= 4 is 34.9 Å². The van der Waals surface area contributed by atoms with E-state index in [0.717, 1.165) is 33.8 Å². The van der Waals surface area contributed by atoms with Crippen molar-refractivity contribution in [3.63, 3.8) is 0 Å². The molecule has 1 N–H and O–H groups in total. The lowest BCUT2D eigenvalue weighted by atomic mass is 10.2. The van der Waals surface area contributed by atoms with Crippen LogP contribution in [0, 0.1) is 5.82 Å². The first kappa shape index (κ1) is 20.0. The summed E-state index contributed by atoms with van der Waals surface area (Å²) in [5.74, 6) is -0.298. The summed E-state index contributed by atoms with van der Waals surface area (Å²) in [6, 6.07) is 17.8. The van der Waals surface area contributed by atoms with Crippen LogP contribution in [-0.4, -0.2) is 23.3 Å². The Morgan fingerprint density at radius 1 is 1.13 bits per heavy atom. The number of anilines is 1. The van der Waals surface area contributed by atoms with Gasteiger partial charge >= 0.3 is 0 Å². The summed E-state index contributed by atoms with van der Waals surface area (Å²) in [6.45, 7) is 1.36. The first-order chi connectivity index (χ1) is 14.6. The van der Waals surface area contributed by atoms with Crippen LogP contribution < -0.4 is 5.32 Å². The van der Waals surface area contributed by atoms with Crippen molar-refractivity contribution in [1.82, 2.24) is 4.90 Å². The van der Waals surface area contributed by atoms with Crippen LogP contribution in [0.2, 0.25) is 0 Å². The molecule has 3 aromatic rings. The topological polar surface area (TPSA) is 49.4 Å². The molecule has 1 saturated heterocycles. The second-order valence-corrected chi connectivity index (χ2v) is 8.27. The minimum Gasteiger partial charge on any atom is -0.338 e. The molecule has 0 spiro atoms. The van der Waals surface area contributed by atoms with Gasteiger partial charge in [-0.1, -0.05) is 24.3 Å². The van der Waals surface area contributed by atoms with Gasteiger partial charge in [-0.15, -0.1) is 11.3 Å². The number of benzene rings is 2. The smallest absolute Gasteiger partial charge is 0.248 e. The Hall–Kier alpha value is -3.25. The fraction of sp³-hybridized carbons (Fsp3) is 0.167. The van der Waals surface area contributed by atoms with Crippen LogP contribution >= 0.6 is 11.3 Å². The Morgan fingerprint density at radius 2 is 1.97 bits per heavy atom. The number of carbonyl (C=O) groups is 2. The van der Waals surface area contributed by atoms with Gasteiger partial charge in [0.15, 0.2) is 0 Å². The minimum atomic E-state index is -0.261. The maximum absolute atomic E-state index is 13.1. The van der Waals surface area contributed by atoms with Crippen molar-refractivity contribution in [2.75, 3.05) is 11.9 Å². The molecule has 2 aromatic carbocycles. The fourth-order valence-corrected chi connectivity index (χ4v) is 4.31. The van der Waals surface area contributed by atoms with Crippen molar-refractivity contribution < 1.29 is 14.0 Å². The zero-order valence-electron chi connectivity index (χ0n) is 16.3. The van der Waals surface area contributed by atoms with Crippen LogP contribution in [0.4, 0.5) is 10.1 Å². The zero-order valence-corrected chi connectivity index (χ0v) is 17.1. The van der Waals surface area contributed by atoms with E-state index in [-0.39, 0.29) is 17.6 Å². The number of nitrogens with one attached hydrogen (secondary N) is 1. The number of rotatable bonds is 6. The molecule has 2 amide bonds. The molecule has 4 nitrogen and oxygen atoms in total. The molecule has 0 bridgehead atoms. The van der Waals surface area contributed by atoms with E-state index in [4.69, 9.17) is 0 Å². The lowest BCUT2D eigenvalue weighted by Gasteiger charge is -2.16. The number of carbonyl (C=O) groups excluding carboxylic acids is 2. The molecule has 2 heterocycles. The van der Waals surface area contributed by atoms with Crippen LogP contribution in [0.25, 0.3) is 16.5 Å². The Labute approximate surface area is 178 Å². The molecule has 0 unspecified atom stereocenters. The highest BCUT2D eigenvalue weighted by molar-refractivity contribution is 7.16. The van der Waals surface area contributed by atoms with Gasteiger partial charge in [0, 0.05) is 41.0 Å². The van der Waals surface area contributed by atoms with Crippen LogP contribution in [0.3, 0.4) is 0 Å². The number of amides is 2. The fourth-order valence-electron chi connectivity index (χ4n) is 3.39. The SMILES string of the molecule is O=C(/C=C/c1ccc(-c2ccc(F)cc2)s1)Nc1cccc(CN2CCCC2=O)c1. The van der Waals surface area contributed by atoms with E-state index >= 15 is 0 Å². The van der Waals surface area contributed by atoms with Crippen LogP contribution in [-0.2, 0) is 16.1 Å². The second kappa shape index (κ2) is 9.05. The molecule has 152 valence electrons. The van der Waals surface area contributed by atoms with Gasteiger partial charge in [0.25, 0.3) is 0 Å². The van der Waals surface area contributed by atoms with Gasteiger partial charge in [-0.05, 0) is 60.0 Å². The van der Waals surface area contributed by atoms with Crippen molar-refractivity contribution in [2.24, 2.45) is 0 Å². The van der Waals surface area contributed by atoms with Crippen molar-refractivity contribution in [2.45, 2.75) is 19.4 Å². The normalized spacial score (nSPS) is 13.9. The molecule has 4 rings (SSSR count). The molecule has 30 heavy (non-hydrogen) atoms. The first-order valence-corrected chi connectivity index (χ1v) is 10.6. The maximum atomic E-state index is 13.1. The summed E-state index contributed by atoms with van der Waals surface area (Å²) >= 11 is 1.53. The van der Waals surface area contributed by atoms with E-state index in [9.17, 15) is 14.0 Å². The molecule has 0 saturated carbocycles. The van der Waals surface area contributed by atoms with Crippen LogP contribution in [0.5, 0.6) is 0 Å². The number of thiophene rings is 1. The molecular formula is C24H21FN2O2S. The molecule has 1 aromatic heterocycles. The van der Waals surface area contributed by atoms with Crippen LogP contribution in [0.1, 0.15) is 23.3 Å². The molecule has 0 radical (unpaired) electrons. The Morgan fingerprint density at radius 3 is 2.73 bits per heavy atom. The van der Waals surface area contributed by atoms with Gasteiger partial charge in [0.05, 0.1) is 0 Å². The standard InChI is InChI=1S/C24H21FN2O2S/c25-19-8-6-18(7-9-19)22-12-10-21(30-22)11-13-23(28)26-20-4-1-3-17(15-20)16-27-14-2-5-24(27)29/h1,3-4,6-13,15H,2,5,14,16H2,(H,26,28)/b13-11+. The highest BCUT2D eigenvalue weighted by atomic mass is 32.1. The highest BCUT2D eigenvalue weighted by Gasteiger charge is 2.19. The molecule has 0 atom stereocenters. The Kier molecular flexibility index (Phi) is 6.05. The number of hydrogen-bond acceptors (Lipinski definition) is 3. The van der Waals surface area contributed by atoms with E-state index in [1.165, 1.54) is 29.5 Å². The Bertz CT molecular complexity index is 1090. The summed E-state index contributed by atoms with van der Waals surface area (Å²) in [5, 5.41) is 2.87. The first-order valence-electron chi connectivity index (χ1n) is 9.78. The molecule has 6 heteroatoms. The van der Waals surface area contributed by atoms with Gasteiger partial charge in [0.1, 0.15) is 5.82 Å². The second-order valence-electron chi connectivity index (χ2n) is 7.15. The van der Waals surface area contributed by atoms with Crippen molar-refractivity contribution in [1.29, 1.82) is 0 Å². The lowest BCUT2D eigenvalue weighted by Crippen LogP contribution is -2.23. The zero-order chi connectivity index (χ0) is 20.9. The molecule has 1 fully saturated rings.